The summed E-state index contributed by atoms with van der Waals surface area (Å²) in [6.45, 7) is 5.76. The molecule has 0 aromatic heterocycles. The summed E-state index contributed by atoms with van der Waals surface area (Å²) in [5.74, 6) is 1.05. The van der Waals surface area contributed by atoms with Gasteiger partial charge < -0.3 is 4.90 Å². The molecule has 0 bridgehead atoms. The van der Waals surface area contributed by atoms with E-state index in [0.29, 0.717) is 6.04 Å². The Morgan fingerprint density at radius 2 is 1.70 bits per heavy atom. The lowest BCUT2D eigenvalue weighted by molar-refractivity contribution is 0.0735. The number of amides is 1. The molecule has 1 aromatic rings. The molecular formula is C20H30N2O. The van der Waals surface area contributed by atoms with E-state index in [-0.39, 0.29) is 5.91 Å². The van der Waals surface area contributed by atoms with Crippen molar-refractivity contribution in [2.45, 2.75) is 58.0 Å². The van der Waals surface area contributed by atoms with E-state index in [0.717, 1.165) is 30.9 Å². The molecule has 23 heavy (non-hydrogen) atoms. The molecule has 3 nitrogen and oxygen atoms in total. The summed E-state index contributed by atoms with van der Waals surface area (Å²) in [4.78, 5) is 17.1. The van der Waals surface area contributed by atoms with Crippen LogP contribution in [0, 0.1) is 5.92 Å². The minimum atomic E-state index is 0.176. The second-order valence-electron chi connectivity index (χ2n) is 7.51. The van der Waals surface area contributed by atoms with Gasteiger partial charge in [-0.05, 0) is 62.4 Å². The molecule has 1 aliphatic carbocycles. The van der Waals surface area contributed by atoms with Crippen LogP contribution in [0.2, 0.25) is 0 Å². The molecule has 0 atom stereocenters. The first-order valence-corrected chi connectivity index (χ1v) is 9.22. The van der Waals surface area contributed by atoms with Crippen LogP contribution in [0.1, 0.15) is 61.4 Å². The fourth-order valence-corrected chi connectivity index (χ4v) is 3.89. The zero-order chi connectivity index (χ0) is 16.2. The van der Waals surface area contributed by atoms with Crippen LogP contribution in [0.25, 0.3) is 0 Å². The molecule has 2 fully saturated rings. The van der Waals surface area contributed by atoms with Gasteiger partial charge in [0.1, 0.15) is 0 Å². The molecule has 0 unspecified atom stereocenters. The van der Waals surface area contributed by atoms with Crippen LogP contribution in [-0.4, -0.2) is 41.9 Å². The fourth-order valence-electron chi connectivity index (χ4n) is 3.89. The number of carbonyl (C=O) groups is 1. The summed E-state index contributed by atoms with van der Waals surface area (Å²) >= 11 is 0. The number of nitrogens with zero attached hydrogens (tertiary/aromatic N) is 2. The van der Waals surface area contributed by atoms with Crippen molar-refractivity contribution in [2.24, 2.45) is 5.92 Å². The van der Waals surface area contributed by atoms with Gasteiger partial charge in [-0.15, -0.1) is 0 Å². The summed E-state index contributed by atoms with van der Waals surface area (Å²) in [6, 6.07) is 8.73. The summed E-state index contributed by atoms with van der Waals surface area (Å²) in [5.41, 5.74) is 2.15. The Labute approximate surface area is 140 Å². The van der Waals surface area contributed by atoms with Gasteiger partial charge in [0.25, 0.3) is 5.91 Å². The van der Waals surface area contributed by atoms with Gasteiger partial charge in [0.2, 0.25) is 0 Å². The molecule has 1 amide bonds. The van der Waals surface area contributed by atoms with Gasteiger partial charge >= 0.3 is 0 Å². The molecular weight excluding hydrogens is 284 g/mol. The highest BCUT2D eigenvalue weighted by Gasteiger charge is 2.24. The third-order valence-corrected chi connectivity index (χ3v) is 5.68. The standard InChI is InChI=1S/C20H30N2O/c1-16-11-13-22(14-12-16)15-17-7-9-18(10-8-17)20(23)21(2)19-5-3-4-6-19/h7-10,16,19H,3-6,11-15H2,1-2H3. The molecule has 3 rings (SSSR count). The molecule has 1 aliphatic heterocycles. The minimum Gasteiger partial charge on any atom is -0.339 e. The zero-order valence-electron chi connectivity index (χ0n) is 14.6. The number of benzene rings is 1. The van der Waals surface area contributed by atoms with Gasteiger partial charge in [0, 0.05) is 25.2 Å². The molecule has 1 heterocycles. The zero-order valence-corrected chi connectivity index (χ0v) is 14.6. The van der Waals surface area contributed by atoms with Crippen LogP contribution >= 0.6 is 0 Å². The lowest BCUT2D eigenvalue weighted by Crippen LogP contribution is -2.35. The van der Waals surface area contributed by atoms with Crippen molar-refractivity contribution in [3.05, 3.63) is 35.4 Å². The van der Waals surface area contributed by atoms with E-state index in [4.69, 9.17) is 0 Å². The average molecular weight is 314 g/mol. The molecule has 0 N–H and O–H groups in total. The van der Waals surface area contributed by atoms with Crippen molar-refractivity contribution in [1.29, 1.82) is 0 Å². The Balaban J connectivity index is 1.57. The largest absolute Gasteiger partial charge is 0.339 e. The van der Waals surface area contributed by atoms with Crippen LogP contribution in [0.15, 0.2) is 24.3 Å². The molecule has 1 saturated carbocycles. The van der Waals surface area contributed by atoms with Gasteiger partial charge in [-0.2, -0.15) is 0 Å². The van der Waals surface area contributed by atoms with Crippen LogP contribution in [0.3, 0.4) is 0 Å². The summed E-state index contributed by atoms with van der Waals surface area (Å²) in [5, 5.41) is 0. The maximum absolute atomic E-state index is 12.6. The first-order chi connectivity index (χ1) is 11.1. The summed E-state index contributed by atoms with van der Waals surface area (Å²) in [7, 11) is 1.96. The number of hydrogen-bond donors (Lipinski definition) is 0. The van der Waals surface area contributed by atoms with Crippen molar-refractivity contribution in [2.75, 3.05) is 20.1 Å². The molecule has 3 heteroatoms. The lowest BCUT2D eigenvalue weighted by Gasteiger charge is -2.30. The normalized spacial score (nSPS) is 20.8. The third-order valence-electron chi connectivity index (χ3n) is 5.68. The van der Waals surface area contributed by atoms with Crippen molar-refractivity contribution in [3.8, 4) is 0 Å². The Kier molecular flexibility index (Phi) is 5.37. The second kappa shape index (κ2) is 7.48. The molecule has 2 aliphatic rings. The number of hydrogen-bond acceptors (Lipinski definition) is 2. The Hall–Kier alpha value is -1.35. The Bertz CT molecular complexity index is 511. The van der Waals surface area contributed by atoms with Crippen molar-refractivity contribution < 1.29 is 4.79 Å². The van der Waals surface area contributed by atoms with E-state index >= 15 is 0 Å². The van der Waals surface area contributed by atoms with Gasteiger partial charge in [0.15, 0.2) is 0 Å². The van der Waals surface area contributed by atoms with E-state index in [2.05, 4.69) is 24.0 Å². The first-order valence-electron chi connectivity index (χ1n) is 9.22. The van der Waals surface area contributed by atoms with Crippen molar-refractivity contribution in [1.82, 2.24) is 9.80 Å². The monoisotopic (exact) mass is 314 g/mol. The van der Waals surface area contributed by atoms with Crippen LogP contribution < -0.4 is 0 Å². The highest BCUT2D eigenvalue weighted by atomic mass is 16.2. The van der Waals surface area contributed by atoms with Crippen LogP contribution in [0.4, 0.5) is 0 Å². The molecule has 0 radical (unpaired) electrons. The number of likely N-dealkylation sites (tertiary alicyclic amines) is 1. The van der Waals surface area contributed by atoms with Gasteiger partial charge in [-0.1, -0.05) is 31.9 Å². The first kappa shape index (κ1) is 16.5. The summed E-state index contributed by atoms with van der Waals surface area (Å²) in [6.07, 6.45) is 7.46. The van der Waals surface area contributed by atoms with E-state index in [1.807, 2.05) is 24.1 Å². The average Bonchev–Trinajstić information content (AvgIpc) is 3.11. The molecule has 0 spiro atoms. The Morgan fingerprint density at radius 3 is 2.30 bits per heavy atom. The van der Waals surface area contributed by atoms with Gasteiger partial charge in [-0.3, -0.25) is 9.69 Å². The predicted octanol–water partition coefficient (Wildman–Crippen LogP) is 3.93. The molecule has 1 aromatic carbocycles. The van der Waals surface area contributed by atoms with E-state index in [1.54, 1.807) is 0 Å². The SMILES string of the molecule is CC1CCN(Cc2ccc(C(=O)N(C)C3CCCC3)cc2)CC1. The quantitative estimate of drug-likeness (QED) is 0.840. The van der Waals surface area contributed by atoms with Crippen molar-refractivity contribution >= 4 is 5.91 Å². The van der Waals surface area contributed by atoms with Crippen LogP contribution in [-0.2, 0) is 6.54 Å². The highest BCUT2D eigenvalue weighted by molar-refractivity contribution is 5.94. The minimum absolute atomic E-state index is 0.176. The van der Waals surface area contributed by atoms with E-state index in [1.165, 1.54) is 44.3 Å². The summed E-state index contributed by atoms with van der Waals surface area (Å²) < 4.78 is 0. The van der Waals surface area contributed by atoms with Gasteiger partial charge in [-0.25, -0.2) is 0 Å². The van der Waals surface area contributed by atoms with E-state index < -0.39 is 0 Å². The fraction of sp³-hybridized carbons (Fsp3) is 0.650. The Morgan fingerprint density at radius 1 is 1.09 bits per heavy atom. The smallest absolute Gasteiger partial charge is 0.253 e. The predicted molar refractivity (Wildman–Crippen MR) is 94.5 cm³/mol. The van der Waals surface area contributed by atoms with Crippen LogP contribution in [0.5, 0.6) is 0 Å². The maximum atomic E-state index is 12.6. The lowest BCUT2D eigenvalue weighted by atomic mass is 9.99. The number of carbonyl (C=O) groups excluding carboxylic acids is 1. The number of rotatable bonds is 4. The van der Waals surface area contributed by atoms with E-state index in [9.17, 15) is 4.79 Å². The topological polar surface area (TPSA) is 23.6 Å². The van der Waals surface area contributed by atoms with Gasteiger partial charge in [0.05, 0.1) is 0 Å². The van der Waals surface area contributed by atoms with Crippen molar-refractivity contribution in [3.63, 3.8) is 0 Å². The maximum Gasteiger partial charge on any atom is 0.253 e. The molecule has 126 valence electrons. The highest BCUT2D eigenvalue weighted by Crippen LogP contribution is 2.24. The molecule has 1 saturated heterocycles. The number of piperidine rings is 1. The second-order valence-corrected chi connectivity index (χ2v) is 7.51. The third kappa shape index (κ3) is 4.14.